The van der Waals surface area contributed by atoms with Crippen LogP contribution in [0.4, 0.5) is 30.2 Å². The lowest BCUT2D eigenvalue weighted by atomic mass is 10.1. The highest BCUT2D eigenvalue weighted by Gasteiger charge is 2.39. The highest BCUT2D eigenvalue weighted by atomic mass is 19.4. The minimum Gasteiger partial charge on any atom is -0.384 e. The van der Waals surface area contributed by atoms with Gasteiger partial charge in [0.15, 0.2) is 0 Å². The van der Waals surface area contributed by atoms with E-state index >= 15 is 0 Å². The van der Waals surface area contributed by atoms with Crippen LogP contribution in [0.2, 0.25) is 0 Å². The van der Waals surface area contributed by atoms with Crippen LogP contribution in [0.5, 0.6) is 0 Å². The Morgan fingerprint density at radius 2 is 1.69 bits per heavy atom. The number of nitrogens with one attached hydrogen (secondary N) is 2. The zero-order valence-electron chi connectivity index (χ0n) is 20.3. The van der Waals surface area contributed by atoms with E-state index in [1.165, 1.54) is 6.07 Å². The molecule has 2 aromatic rings. The Balaban J connectivity index is 1.49. The Morgan fingerprint density at radius 3 is 2.34 bits per heavy atom. The van der Waals surface area contributed by atoms with Gasteiger partial charge in [-0.15, -0.1) is 0 Å². The van der Waals surface area contributed by atoms with Crippen molar-refractivity contribution in [1.82, 2.24) is 9.80 Å². The van der Waals surface area contributed by atoms with Gasteiger partial charge in [0.2, 0.25) is 0 Å². The average molecular weight is 492 g/mol. The molecular formula is C25H32F3N5O2. The monoisotopic (exact) mass is 491 g/mol. The zero-order valence-corrected chi connectivity index (χ0v) is 20.3. The molecular weight excluding hydrogens is 459 g/mol. The van der Waals surface area contributed by atoms with Gasteiger partial charge in [-0.25, -0.2) is 0 Å². The summed E-state index contributed by atoms with van der Waals surface area (Å²) in [5, 5.41) is 5.36. The van der Waals surface area contributed by atoms with Crippen molar-refractivity contribution in [2.45, 2.75) is 19.5 Å². The fourth-order valence-corrected chi connectivity index (χ4v) is 4.02. The van der Waals surface area contributed by atoms with Gasteiger partial charge in [0.05, 0.1) is 16.9 Å². The van der Waals surface area contributed by atoms with Crippen molar-refractivity contribution in [2.75, 3.05) is 68.9 Å². The summed E-state index contributed by atoms with van der Waals surface area (Å²) in [5.74, 6) is -2.01. The summed E-state index contributed by atoms with van der Waals surface area (Å²) >= 11 is 0. The molecule has 0 bridgehead atoms. The zero-order chi connectivity index (χ0) is 25.6. The number of piperazine rings is 1. The summed E-state index contributed by atoms with van der Waals surface area (Å²) in [4.78, 5) is 29.7. The summed E-state index contributed by atoms with van der Waals surface area (Å²) in [5.41, 5.74) is 3.24. The minimum atomic E-state index is -4.93. The highest BCUT2D eigenvalue weighted by Crippen LogP contribution is 2.28. The number of halogens is 3. The van der Waals surface area contributed by atoms with E-state index in [2.05, 4.69) is 10.2 Å². The molecule has 0 aliphatic carbocycles. The number of hydrogen-bond donors (Lipinski definition) is 2. The Labute approximate surface area is 203 Å². The van der Waals surface area contributed by atoms with E-state index in [0.717, 1.165) is 37.3 Å². The summed E-state index contributed by atoms with van der Waals surface area (Å²) < 4.78 is 38.0. The molecule has 2 N–H and O–H groups in total. The number of rotatable bonds is 8. The summed E-state index contributed by atoms with van der Waals surface area (Å²) in [6.45, 7) is 6.34. The number of amides is 2. The minimum absolute atomic E-state index is 0.0426. The molecule has 0 saturated carbocycles. The van der Waals surface area contributed by atoms with Gasteiger partial charge >= 0.3 is 12.1 Å². The first kappa shape index (κ1) is 26.3. The maximum absolute atomic E-state index is 12.7. The summed E-state index contributed by atoms with van der Waals surface area (Å²) in [6.07, 6.45) is -4.05. The quantitative estimate of drug-likeness (QED) is 0.550. The van der Waals surface area contributed by atoms with Crippen LogP contribution in [-0.4, -0.2) is 81.2 Å². The van der Waals surface area contributed by atoms with Crippen molar-refractivity contribution in [3.63, 3.8) is 0 Å². The van der Waals surface area contributed by atoms with Crippen molar-refractivity contribution < 1.29 is 22.8 Å². The van der Waals surface area contributed by atoms with Crippen LogP contribution in [0.3, 0.4) is 0 Å². The second kappa shape index (κ2) is 11.4. The second-order valence-corrected chi connectivity index (χ2v) is 8.83. The average Bonchev–Trinajstić information content (AvgIpc) is 2.82. The van der Waals surface area contributed by atoms with Crippen LogP contribution < -0.4 is 15.5 Å². The van der Waals surface area contributed by atoms with Crippen molar-refractivity contribution >= 4 is 28.9 Å². The molecule has 1 aliphatic heterocycles. The van der Waals surface area contributed by atoms with E-state index in [0.29, 0.717) is 30.9 Å². The summed E-state index contributed by atoms with van der Waals surface area (Å²) in [7, 11) is 3.47. The molecule has 3 rings (SSSR count). The van der Waals surface area contributed by atoms with E-state index in [1.54, 1.807) is 37.2 Å². The summed E-state index contributed by atoms with van der Waals surface area (Å²) in [6, 6.07) is 12.3. The number of alkyl halides is 3. The lowest BCUT2D eigenvalue weighted by molar-refractivity contribution is -0.167. The molecule has 190 valence electrons. The number of para-hydroxylation sites is 2. The number of anilines is 3. The van der Waals surface area contributed by atoms with Crippen molar-refractivity contribution in [2.24, 2.45) is 0 Å². The molecule has 0 atom stereocenters. The molecule has 1 heterocycles. The lowest BCUT2D eigenvalue weighted by Gasteiger charge is -2.37. The third-order valence-corrected chi connectivity index (χ3v) is 5.90. The third kappa shape index (κ3) is 7.11. The van der Waals surface area contributed by atoms with E-state index < -0.39 is 12.1 Å². The maximum Gasteiger partial charge on any atom is 0.471 e. The molecule has 10 heteroatoms. The van der Waals surface area contributed by atoms with Gasteiger partial charge in [0.25, 0.3) is 5.91 Å². The van der Waals surface area contributed by atoms with Gasteiger partial charge in [0.1, 0.15) is 0 Å². The molecule has 0 unspecified atom stereocenters. The first-order chi connectivity index (χ1) is 16.6. The van der Waals surface area contributed by atoms with Crippen LogP contribution >= 0.6 is 0 Å². The fourth-order valence-electron chi connectivity index (χ4n) is 4.02. The first-order valence-corrected chi connectivity index (χ1v) is 11.6. The van der Waals surface area contributed by atoms with Crippen LogP contribution in [0.15, 0.2) is 42.5 Å². The third-order valence-electron chi connectivity index (χ3n) is 5.90. The maximum atomic E-state index is 12.7. The van der Waals surface area contributed by atoms with Gasteiger partial charge in [-0.1, -0.05) is 23.8 Å². The molecule has 35 heavy (non-hydrogen) atoms. The highest BCUT2D eigenvalue weighted by molar-refractivity contribution is 5.99. The number of benzene rings is 2. The van der Waals surface area contributed by atoms with Gasteiger partial charge in [-0.3, -0.25) is 14.5 Å². The van der Waals surface area contributed by atoms with Crippen molar-refractivity contribution in [3.8, 4) is 0 Å². The fraction of sp³-hybridized carbons (Fsp3) is 0.440. The SMILES string of the molecule is Cc1ccc(NCCCN2CCN(c3ccccc3NC(=O)C(F)(F)F)CC2)c(C(=O)N(C)C)c1. The smallest absolute Gasteiger partial charge is 0.384 e. The second-order valence-electron chi connectivity index (χ2n) is 8.83. The molecule has 0 aromatic heterocycles. The Bertz CT molecular complexity index is 1030. The molecule has 2 aromatic carbocycles. The van der Waals surface area contributed by atoms with E-state index in [4.69, 9.17) is 0 Å². The first-order valence-electron chi connectivity index (χ1n) is 11.6. The molecule has 1 fully saturated rings. The molecule has 1 saturated heterocycles. The predicted octanol–water partition coefficient (Wildman–Crippen LogP) is 3.82. The van der Waals surface area contributed by atoms with Gasteiger partial charge in [-0.05, 0) is 44.2 Å². The van der Waals surface area contributed by atoms with Crippen molar-refractivity contribution in [3.05, 3.63) is 53.6 Å². The molecule has 7 nitrogen and oxygen atoms in total. The van der Waals surface area contributed by atoms with Crippen molar-refractivity contribution in [1.29, 1.82) is 0 Å². The van der Waals surface area contributed by atoms with E-state index in [1.807, 2.05) is 35.3 Å². The molecule has 1 aliphatic rings. The number of carbonyl (C=O) groups excluding carboxylic acids is 2. The topological polar surface area (TPSA) is 67.9 Å². The Kier molecular flexibility index (Phi) is 8.61. The Hall–Kier alpha value is -3.27. The standard InChI is InChI=1S/C25H32F3N5O2/c1-18-9-10-20(19(17-18)23(34)31(2)3)29-11-6-12-32-13-15-33(16-14-32)22-8-5-4-7-21(22)30-24(35)25(26,27)28/h4-5,7-10,17,29H,6,11-16H2,1-3H3,(H,30,35). The van der Waals surface area contributed by atoms with Gasteiger partial charge in [0, 0.05) is 52.5 Å². The van der Waals surface area contributed by atoms with Gasteiger partial charge in [-0.2, -0.15) is 13.2 Å². The van der Waals surface area contributed by atoms with Crippen LogP contribution in [0.25, 0.3) is 0 Å². The van der Waals surface area contributed by atoms with Crippen LogP contribution in [-0.2, 0) is 4.79 Å². The van der Waals surface area contributed by atoms with Crippen LogP contribution in [0.1, 0.15) is 22.3 Å². The number of nitrogens with zero attached hydrogens (tertiary/aromatic N) is 3. The lowest BCUT2D eigenvalue weighted by Crippen LogP contribution is -2.47. The van der Waals surface area contributed by atoms with E-state index in [9.17, 15) is 22.8 Å². The number of hydrogen-bond acceptors (Lipinski definition) is 5. The molecule has 2 amide bonds. The van der Waals surface area contributed by atoms with E-state index in [-0.39, 0.29) is 11.6 Å². The normalized spacial score (nSPS) is 14.5. The van der Waals surface area contributed by atoms with Gasteiger partial charge < -0.3 is 20.4 Å². The molecule has 0 spiro atoms. The molecule has 0 radical (unpaired) electrons. The predicted molar refractivity (Wildman–Crippen MR) is 132 cm³/mol. The number of carbonyl (C=O) groups is 2. The van der Waals surface area contributed by atoms with Crippen LogP contribution in [0, 0.1) is 6.92 Å². The Morgan fingerprint density at radius 1 is 1.00 bits per heavy atom. The number of aryl methyl sites for hydroxylation is 1. The largest absolute Gasteiger partial charge is 0.471 e.